The topological polar surface area (TPSA) is 92.5 Å². The molecule has 0 bridgehead atoms. The highest BCUT2D eigenvalue weighted by Crippen LogP contribution is 2.32. The van der Waals surface area contributed by atoms with Gasteiger partial charge < -0.3 is 19.4 Å². The zero-order valence-corrected chi connectivity index (χ0v) is 19.7. The number of ether oxygens (including phenoxy) is 1. The summed E-state index contributed by atoms with van der Waals surface area (Å²) >= 11 is 0. The number of hydrogen-bond acceptors (Lipinski definition) is 5. The second-order valence-corrected chi connectivity index (χ2v) is 8.36. The number of aromatic nitrogens is 3. The van der Waals surface area contributed by atoms with Gasteiger partial charge in [-0.15, -0.1) is 0 Å². The molecule has 3 aromatic carbocycles. The van der Waals surface area contributed by atoms with Gasteiger partial charge in [0.05, 0.1) is 36.0 Å². The van der Waals surface area contributed by atoms with Gasteiger partial charge in [-0.3, -0.25) is 4.79 Å². The molecule has 8 heteroatoms. The maximum Gasteiger partial charge on any atom is 0.309 e. The number of nitrogens with one attached hydrogen (secondary N) is 1. The van der Waals surface area contributed by atoms with Crippen molar-refractivity contribution >= 4 is 28.3 Å². The number of aliphatic imine (C=N–C) groups is 1. The van der Waals surface area contributed by atoms with Gasteiger partial charge >= 0.3 is 5.97 Å². The summed E-state index contributed by atoms with van der Waals surface area (Å²) in [5, 5.41) is 11.4. The van der Waals surface area contributed by atoms with Crippen LogP contribution in [0.1, 0.15) is 16.7 Å². The Bertz CT molecular complexity index is 1580. The summed E-state index contributed by atoms with van der Waals surface area (Å²) in [5.74, 6) is -0.0209. The first-order chi connectivity index (χ1) is 17.4. The minimum Gasteiger partial charge on any atom is -0.494 e. The predicted octanol–water partition coefficient (Wildman–Crippen LogP) is 5.30. The number of aromatic amines is 1. The molecule has 0 aliphatic carbocycles. The third kappa shape index (κ3) is 4.48. The average Bonchev–Trinajstić information content (AvgIpc) is 3.45. The SMILES string of the molecule is COC(=O)Cc1ccc(C(=Nc2ccc(-c3nccn3C)cc2)c2c(O)[nH]c3cc(F)ccc23)cc1. The fraction of sp³-hybridized carbons (Fsp3) is 0.107. The van der Waals surface area contributed by atoms with Crippen molar-refractivity contribution in [1.82, 2.24) is 14.5 Å². The number of hydrogen-bond donors (Lipinski definition) is 2. The molecule has 0 atom stereocenters. The maximum atomic E-state index is 13.8. The summed E-state index contributed by atoms with van der Waals surface area (Å²) in [5.41, 5.74) is 4.53. The van der Waals surface area contributed by atoms with Crippen LogP contribution in [0.3, 0.4) is 0 Å². The lowest BCUT2D eigenvalue weighted by atomic mass is 9.99. The van der Waals surface area contributed by atoms with Crippen molar-refractivity contribution in [2.75, 3.05) is 7.11 Å². The monoisotopic (exact) mass is 482 g/mol. The van der Waals surface area contributed by atoms with Gasteiger partial charge in [0.15, 0.2) is 5.88 Å². The minimum atomic E-state index is -0.411. The number of imidazole rings is 1. The second-order valence-electron chi connectivity index (χ2n) is 8.36. The van der Waals surface area contributed by atoms with Gasteiger partial charge in [-0.1, -0.05) is 24.3 Å². The smallest absolute Gasteiger partial charge is 0.309 e. The normalized spacial score (nSPS) is 11.7. The lowest BCUT2D eigenvalue weighted by molar-refractivity contribution is -0.139. The molecule has 0 aliphatic rings. The van der Waals surface area contributed by atoms with E-state index in [1.54, 1.807) is 12.3 Å². The molecule has 0 saturated carbocycles. The van der Waals surface area contributed by atoms with Crippen molar-refractivity contribution in [1.29, 1.82) is 0 Å². The highest BCUT2D eigenvalue weighted by atomic mass is 19.1. The Morgan fingerprint density at radius 2 is 1.86 bits per heavy atom. The number of aromatic hydroxyl groups is 1. The van der Waals surface area contributed by atoms with Crippen molar-refractivity contribution in [3.8, 4) is 17.3 Å². The summed E-state index contributed by atoms with van der Waals surface area (Å²) in [7, 11) is 3.28. The van der Waals surface area contributed by atoms with E-state index >= 15 is 0 Å². The standard InChI is InChI=1S/C28H23FN4O3/c1-33-14-13-30-27(33)19-7-10-21(11-8-19)31-26(18-5-3-17(4-6-18)15-24(34)36-2)25-22-12-9-20(29)16-23(22)32-28(25)35/h3-14,16,32,35H,15H2,1-2H3. The number of methoxy groups -OCH3 is 1. The van der Waals surface area contributed by atoms with Crippen LogP contribution >= 0.6 is 0 Å². The quantitative estimate of drug-likeness (QED) is 0.254. The van der Waals surface area contributed by atoms with Crippen molar-refractivity contribution in [3.63, 3.8) is 0 Å². The molecule has 0 radical (unpaired) electrons. The van der Waals surface area contributed by atoms with Crippen LogP contribution in [0.25, 0.3) is 22.3 Å². The molecule has 180 valence electrons. The Morgan fingerprint density at radius 3 is 2.53 bits per heavy atom. The van der Waals surface area contributed by atoms with Crippen molar-refractivity contribution in [2.24, 2.45) is 12.0 Å². The molecule has 0 unspecified atom stereocenters. The fourth-order valence-corrected chi connectivity index (χ4v) is 4.14. The molecule has 2 N–H and O–H groups in total. The highest BCUT2D eigenvalue weighted by Gasteiger charge is 2.19. The van der Waals surface area contributed by atoms with Crippen LogP contribution in [-0.2, 0) is 23.0 Å². The third-order valence-electron chi connectivity index (χ3n) is 5.97. The zero-order valence-electron chi connectivity index (χ0n) is 19.7. The highest BCUT2D eigenvalue weighted by molar-refractivity contribution is 6.21. The van der Waals surface area contributed by atoms with Crippen molar-refractivity contribution in [3.05, 3.63) is 102 Å². The number of halogens is 1. The molecule has 2 heterocycles. The van der Waals surface area contributed by atoms with E-state index in [9.17, 15) is 14.3 Å². The molecular weight excluding hydrogens is 459 g/mol. The number of aryl methyl sites for hydroxylation is 1. The van der Waals surface area contributed by atoms with Gasteiger partial charge in [-0.05, 0) is 48.0 Å². The van der Waals surface area contributed by atoms with E-state index in [2.05, 4.69) is 9.97 Å². The molecule has 2 aromatic heterocycles. The summed E-state index contributed by atoms with van der Waals surface area (Å²) < 4.78 is 20.5. The molecule has 5 rings (SSSR count). The van der Waals surface area contributed by atoms with Gasteiger partial charge in [0.25, 0.3) is 0 Å². The summed E-state index contributed by atoms with van der Waals surface area (Å²) in [6, 6.07) is 19.2. The predicted molar refractivity (Wildman–Crippen MR) is 136 cm³/mol. The number of nitrogens with zero attached hydrogens (tertiary/aromatic N) is 3. The third-order valence-corrected chi connectivity index (χ3v) is 5.97. The molecule has 0 saturated heterocycles. The van der Waals surface area contributed by atoms with Crippen molar-refractivity contribution < 1.29 is 19.0 Å². The first-order valence-corrected chi connectivity index (χ1v) is 11.3. The Hall–Kier alpha value is -4.72. The largest absolute Gasteiger partial charge is 0.494 e. The van der Waals surface area contributed by atoms with E-state index in [0.29, 0.717) is 27.9 Å². The number of carbonyl (C=O) groups excluding carboxylic acids is 1. The molecule has 5 aromatic rings. The lowest BCUT2D eigenvalue weighted by Gasteiger charge is -2.10. The van der Waals surface area contributed by atoms with Gasteiger partial charge in [0.2, 0.25) is 0 Å². The van der Waals surface area contributed by atoms with E-state index < -0.39 is 5.82 Å². The fourth-order valence-electron chi connectivity index (χ4n) is 4.14. The number of fused-ring (bicyclic) bond motifs is 1. The van der Waals surface area contributed by atoms with E-state index in [-0.39, 0.29) is 18.3 Å². The molecule has 0 fully saturated rings. The number of rotatable bonds is 6. The van der Waals surface area contributed by atoms with Crippen LogP contribution in [0.4, 0.5) is 10.1 Å². The van der Waals surface area contributed by atoms with Crippen LogP contribution in [0, 0.1) is 5.82 Å². The second kappa shape index (κ2) is 9.50. The van der Waals surface area contributed by atoms with E-state index in [4.69, 9.17) is 9.73 Å². The molecule has 36 heavy (non-hydrogen) atoms. The van der Waals surface area contributed by atoms with E-state index in [0.717, 1.165) is 22.5 Å². The average molecular weight is 483 g/mol. The number of esters is 1. The first-order valence-electron chi connectivity index (χ1n) is 11.3. The van der Waals surface area contributed by atoms with Gasteiger partial charge in [-0.25, -0.2) is 14.4 Å². The van der Waals surface area contributed by atoms with Crippen molar-refractivity contribution in [2.45, 2.75) is 6.42 Å². The Balaban J connectivity index is 1.61. The van der Waals surface area contributed by atoms with Gasteiger partial charge in [0.1, 0.15) is 11.6 Å². The number of carbonyl (C=O) groups is 1. The first kappa shape index (κ1) is 23.0. The summed E-state index contributed by atoms with van der Waals surface area (Å²) in [6.07, 6.45) is 3.77. The Morgan fingerprint density at radius 1 is 1.11 bits per heavy atom. The van der Waals surface area contributed by atoms with Crippen LogP contribution < -0.4 is 0 Å². The minimum absolute atomic E-state index is 0.113. The van der Waals surface area contributed by atoms with E-state index in [1.165, 1.54) is 19.2 Å². The Kier molecular flexibility index (Phi) is 6.08. The zero-order chi connectivity index (χ0) is 25.2. The van der Waals surface area contributed by atoms with Crippen LogP contribution in [0.15, 0.2) is 84.1 Å². The Labute approximate surface area is 206 Å². The van der Waals surface area contributed by atoms with Gasteiger partial charge in [0, 0.05) is 36.0 Å². The lowest BCUT2D eigenvalue weighted by Crippen LogP contribution is -2.06. The van der Waals surface area contributed by atoms with E-state index in [1.807, 2.05) is 66.3 Å². The number of H-pyrrole nitrogens is 1. The van der Waals surface area contributed by atoms with Crippen LogP contribution in [0.5, 0.6) is 5.88 Å². The van der Waals surface area contributed by atoms with Gasteiger partial charge in [-0.2, -0.15) is 0 Å². The molecule has 0 aliphatic heterocycles. The summed E-state index contributed by atoms with van der Waals surface area (Å²) in [4.78, 5) is 23.8. The molecular formula is C28H23FN4O3. The van der Waals surface area contributed by atoms with Crippen LogP contribution in [-0.4, -0.2) is 38.4 Å². The van der Waals surface area contributed by atoms with Crippen LogP contribution in [0.2, 0.25) is 0 Å². The number of benzene rings is 3. The molecule has 0 amide bonds. The summed E-state index contributed by atoms with van der Waals surface area (Å²) in [6.45, 7) is 0. The maximum absolute atomic E-state index is 13.8. The molecule has 0 spiro atoms. The molecule has 7 nitrogen and oxygen atoms in total.